The number of piperazine rings is 1. The zero-order chi connectivity index (χ0) is 14.1. The Morgan fingerprint density at radius 2 is 2.10 bits per heavy atom. The third-order valence-corrected chi connectivity index (χ3v) is 5.09. The van der Waals surface area contributed by atoms with Gasteiger partial charge in [-0.05, 0) is 37.3 Å². The van der Waals surface area contributed by atoms with Crippen LogP contribution in [0.3, 0.4) is 0 Å². The van der Waals surface area contributed by atoms with Crippen molar-refractivity contribution in [1.29, 1.82) is 0 Å². The molecule has 1 saturated heterocycles. The minimum absolute atomic E-state index is 0.635. The fourth-order valence-electron chi connectivity index (χ4n) is 3.40. The van der Waals surface area contributed by atoms with E-state index in [1.807, 2.05) is 0 Å². The molecular formula is C17H28N2O. The highest BCUT2D eigenvalue weighted by atomic mass is 16.3. The van der Waals surface area contributed by atoms with Crippen molar-refractivity contribution in [3.8, 4) is 0 Å². The van der Waals surface area contributed by atoms with Crippen molar-refractivity contribution in [2.75, 3.05) is 13.1 Å². The zero-order valence-corrected chi connectivity index (χ0v) is 13.1. The summed E-state index contributed by atoms with van der Waals surface area (Å²) in [6.07, 6.45) is 3.71. The zero-order valence-electron chi connectivity index (χ0n) is 13.1. The van der Waals surface area contributed by atoms with E-state index in [4.69, 9.17) is 4.42 Å². The van der Waals surface area contributed by atoms with Gasteiger partial charge in [-0.2, -0.15) is 0 Å². The SMILES string of the molecule is CCC1CN(Cc2ccc(C3CC3C)o2)C(CC)CN1. The van der Waals surface area contributed by atoms with Crippen LogP contribution in [0.1, 0.15) is 57.5 Å². The summed E-state index contributed by atoms with van der Waals surface area (Å²) >= 11 is 0. The monoisotopic (exact) mass is 276 g/mol. The standard InChI is InChI=1S/C17H28N2O/c1-4-13-10-19(14(5-2)9-18-13)11-15-6-7-17(20-15)16-8-12(16)3/h6-7,12-14,16,18H,4-5,8-11H2,1-3H3. The van der Waals surface area contributed by atoms with Gasteiger partial charge in [0.05, 0.1) is 6.54 Å². The van der Waals surface area contributed by atoms with Crippen molar-refractivity contribution in [1.82, 2.24) is 10.2 Å². The predicted octanol–water partition coefficient (Wildman–Crippen LogP) is 3.37. The van der Waals surface area contributed by atoms with E-state index in [0.29, 0.717) is 18.0 Å². The van der Waals surface area contributed by atoms with E-state index in [1.54, 1.807) is 0 Å². The molecule has 2 aliphatic rings. The molecule has 2 fully saturated rings. The molecule has 3 rings (SSSR count). The summed E-state index contributed by atoms with van der Waals surface area (Å²) < 4.78 is 6.08. The molecule has 2 heterocycles. The Hall–Kier alpha value is -0.800. The Kier molecular flexibility index (Phi) is 4.18. The number of rotatable bonds is 5. The molecule has 112 valence electrons. The first kappa shape index (κ1) is 14.2. The first-order chi connectivity index (χ1) is 9.71. The highest BCUT2D eigenvalue weighted by Crippen LogP contribution is 2.47. The van der Waals surface area contributed by atoms with Gasteiger partial charge in [0.1, 0.15) is 11.5 Å². The van der Waals surface area contributed by atoms with Crippen molar-refractivity contribution < 1.29 is 4.42 Å². The first-order valence-electron chi connectivity index (χ1n) is 8.27. The van der Waals surface area contributed by atoms with Crippen LogP contribution in [0.4, 0.5) is 0 Å². The van der Waals surface area contributed by atoms with E-state index < -0.39 is 0 Å². The van der Waals surface area contributed by atoms with Crippen molar-refractivity contribution in [2.45, 2.75) is 64.6 Å². The third kappa shape index (κ3) is 2.94. The van der Waals surface area contributed by atoms with Crippen LogP contribution in [0.5, 0.6) is 0 Å². The topological polar surface area (TPSA) is 28.4 Å². The lowest BCUT2D eigenvalue weighted by Gasteiger charge is -2.39. The molecule has 0 spiro atoms. The summed E-state index contributed by atoms with van der Waals surface area (Å²) in [5.41, 5.74) is 0. The molecule has 1 aromatic heterocycles. The van der Waals surface area contributed by atoms with Gasteiger partial charge in [-0.3, -0.25) is 4.90 Å². The van der Waals surface area contributed by atoms with Gasteiger partial charge >= 0.3 is 0 Å². The van der Waals surface area contributed by atoms with E-state index >= 15 is 0 Å². The second-order valence-corrected chi connectivity index (χ2v) is 6.63. The summed E-state index contributed by atoms with van der Waals surface area (Å²) in [5, 5.41) is 3.65. The maximum absolute atomic E-state index is 6.08. The summed E-state index contributed by atoms with van der Waals surface area (Å²) in [4.78, 5) is 2.60. The maximum Gasteiger partial charge on any atom is 0.118 e. The van der Waals surface area contributed by atoms with E-state index in [-0.39, 0.29) is 0 Å². The van der Waals surface area contributed by atoms with E-state index in [9.17, 15) is 0 Å². The summed E-state index contributed by atoms with van der Waals surface area (Å²) in [6, 6.07) is 5.67. The fourth-order valence-corrected chi connectivity index (χ4v) is 3.40. The molecule has 0 amide bonds. The first-order valence-corrected chi connectivity index (χ1v) is 8.27. The van der Waals surface area contributed by atoms with Crippen molar-refractivity contribution in [3.63, 3.8) is 0 Å². The highest BCUT2D eigenvalue weighted by Gasteiger charge is 2.36. The largest absolute Gasteiger partial charge is 0.464 e. The molecule has 20 heavy (non-hydrogen) atoms. The number of nitrogens with zero attached hydrogens (tertiary/aromatic N) is 1. The quantitative estimate of drug-likeness (QED) is 0.894. The molecule has 4 unspecified atom stereocenters. The molecule has 0 bridgehead atoms. The fraction of sp³-hybridized carbons (Fsp3) is 0.765. The van der Waals surface area contributed by atoms with Crippen LogP contribution in [0.15, 0.2) is 16.5 Å². The Morgan fingerprint density at radius 3 is 2.75 bits per heavy atom. The minimum Gasteiger partial charge on any atom is -0.464 e. The number of nitrogens with one attached hydrogen (secondary N) is 1. The van der Waals surface area contributed by atoms with Crippen LogP contribution >= 0.6 is 0 Å². The highest BCUT2D eigenvalue weighted by molar-refractivity contribution is 5.17. The van der Waals surface area contributed by atoms with Gasteiger partial charge in [-0.25, -0.2) is 0 Å². The van der Waals surface area contributed by atoms with Crippen LogP contribution < -0.4 is 5.32 Å². The van der Waals surface area contributed by atoms with Crippen LogP contribution in [-0.4, -0.2) is 30.1 Å². The molecular weight excluding hydrogens is 248 g/mol. The van der Waals surface area contributed by atoms with E-state index in [0.717, 1.165) is 31.3 Å². The Labute approximate surface area is 122 Å². The van der Waals surface area contributed by atoms with E-state index in [1.165, 1.54) is 25.0 Å². The molecule has 1 saturated carbocycles. The van der Waals surface area contributed by atoms with Crippen LogP contribution in [0, 0.1) is 5.92 Å². The second-order valence-electron chi connectivity index (χ2n) is 6.63. The average molecular weight is 276 g/mol. The summed E-state index contributed by atoms with van der Waals surface area (Å²) in [5.74, 6) is 3.87. The van der Waals surface area contributed by atoms with Crippen molar-refractivity contribution >= 4 is 0 Å². The Bertz CT molecular complexity index is 442. The maximum atomic E-state index is 6.08. The van der Waals surface area contributed by atoms with Crippen LogP contribution in [0.25, 0.3) is 0 Å². The van der Waals surface area contributed by atoms with Gasteiger partial charge in [-0.15, -0.1) is 0 Å². The third-order valence-electron chi connectivity index (χ3n) is 5.09. The molecule has 4 atom stereocenters. The molecule has 0 aromatic carbocycles. The predicted molar refractivity (Wildman–Crippen MR) is 81.8 cm³/mol. The van der Waals surface area contributed by atoms with Gasteiger partial charge in [0.2, 0.25) is 0 Å². The minimum atomic E-state index is 0.635. The van der Waals surface area contributed by atoms with E-state index in [2.05, 4.69) is 43.1 Å². The summed E-state index contributed by atoms with van der Waals surface area (Å²) in [6.45, 7) is 10.1. The molecule has 1 aromatic rings. The van der Waals surface area contributed by atoms with Crippen LogP contribution in [0.2, 0.25) is 0 Å². The van der Waals surface area contributed by atoms with Crippen molar-refractivity contribution in [3.05, 3.63) is 23.7 Å². The van der Waals surface area contributed by atoms with Gasteiger partial charge in [0.25, 0.3) is 0 Å². The lowest BCUT2D eigenvalue weighted by atomic mass is 10.1. The van der Waals surface area contributed by atoms with Gasteiger partial charge in [0, 0.05) is 31.1 Å². The van der Waals surface area contributed by atoms with Gasteiger partial charge in [-0.1, -0.05) is 20.8 Å². The lowest BCUT2D eigenvalue weighted by molar-refractivity contribution is 0.108. The molecule has 3 nitrogen and oxygen atoms in total. The molecule has 1 N–H and O–H groups in total. The van der Waals surface area contributed by atoms with Crippen molar-refractivity contribution in [2.24, 2.45) is 5.92 Å². The number of furan rings is 1. The Morgan fingerprint density at radius 1 is 1.30 bits per heavy atom. The smallest absolute Gasteiger partial charge is 0.118 e. The number of hydrogen-bond acceptors (Lipinski definition) is 3. The molecule has 1 aliphatic carbocycles. The Balaban J connectivity index is 1.63. The molecule has 1 aliphatic heterocycles. The van der Waals surface area contributed by atoms with Crippen LogP contribution in [-0.2, 0) is 6.54 Å². The van der Waals surface area contributed by atoms with Gasteiger partial charge in [0.15, 0.2) is 0 Å². The average Bonchev–Trinajstić information content (AvgIpc) is 3.01. The van der Waals surface area contributed by atoms with Gasteiger partial charge < -0.3 is 9.73 Å². The lowest BCUT2D eigenvalue weighted by Crippen LogP contribution is -2.55. The summed E-state index contributed by atoms with van der Waals surface area (Å²) in [7, 11) is 0. The second kappa shape index (κ2) is 5.90. The number of hydrogen-bond donors (Lipinski definition) is 1. The normalized spacial score (nSPS) is 34.4. The molecule has 0 radical (unpaired) electrons. The molecule has 3 heteroatoms.